The van der Waals surface area contributed by atoms with Crippen LogP contribution in [0.1, 0.15) is 25.7 Å². The number of nitrogens with zero attached hydrogens (tertiary/aromatic N) is 2. The summed E-state index contributed by atoms with van der Waals surface area (Å²) in [5.41, 5.74) is 0.710. The molecule has 5 nitrogen and oxygen atoms in total. The van der Waals surface area contributed by atoms with E-state index in [0.717, 1.165) is 11.8 Å². The van der Waals surface area contributed by atoms with Gasteiger partial charge in [0.2, 0.25) is 5.91 Å². The van der Waals surface area contributed by atoms with Crippen LogP contribution in [-0.2, 0) is 4.79 Å². The molecule has 0 aliphatic heterocycles. The summed E-state index contributed by atoms with van der Waals surface area (Å²) in [5, 5.41) is 10.3. The molecule has 0 saturated heterocycles. The highest BCUT2D eigenvalue weighted by Crippen LogP contribution is 2.22. The maximum atomic E-state index is 12.6. The van der Waals surface area contributed by atoms with E-state index in [2.05, 4.69) is 10.3 Å². The Balaban J connectivity index is 2.77. The number of hydrogen-bond donors (Lipinski definition) is 2. The number of carbonyl (C=O) groups is 1. The van der Waals surface area contributed by atoms with E-state index in [1.54, 1.807) is 24.5 Å². The number of amides is 1. The van der Waals surface area contributed by atoms with Crippen LogP contribution in [0.25, 0.3) is 0 Å². The lowest BCUT2D eigenvalue weighted by molar-refractivity contribution is -0.129. The fourth-order valence-corrected chi connectivity index (χ4v) is 3.24. The van der Waals surface area contributed by atoms with Crippen LogP contribution in [-0.4, -0.2) is 51.9 Å². The highest BCUT2D eigenvalue weighted by atomic mass is 35.5. The predicted octanol–water partition coefficient (Wildman–Crippen LogP) is 5.20. The molecule has 1 heterocycles. The minimum atomic E-state index is -4.23. The van der Waals surface area contributed by atoms with E-state index in [0.29, 0.717) is 12.1 Å². The SMILES string of the molecule is N=C(Cl)/C(=C\Nc1cccnc1)N(CCCCF)C(=O)CCSCCC(F)(F)F. The number of aromatic nitrogens is 1. The second-order valence-electron chi connectivity index (χ2n) is 5.90. The summed E-state index contributed by atoms with van der Waals surface area (Å²) < 4.78 is 49.0. The summed E-state index contributed by atoms with van der Waals surface area (Å²) in [6, 6.07) is 3.43. The molecule has 0 atom stereocenters. The Hall–Kier alpha value is -1.81. The summed E-state index contributed by atoms with van der Waals surface area (Å²) in [6.45, 7) is -0.397. The van der Waals surface area contributed by atoms with E-state index in [1.807, 2.05) is 0 Å². The molecule has 1 amide bonds. The van der Waals surface area contributed by atoms with E-state index < -0.39 is 25.2 Å². The van der Waals surface area contributed by atoms with Crippen LogP contribution in [0.5, 0.6) is 0 Å². The van der Waals surface area contributed by atoms with Crippen LogP contribution >= 0.6 is 23.4 Å². The lowest BCUT2D eigenvalue weighted by atomic mass is 10.2. The highest BCUT2D eigenvalue weighted by molar-refractivity contribution is 7.99. The molecule has 0 saturated carbocycles. The molecule has 0 aromatic carbocycles. The van der Waals surface area contributed by atoms with Gasteiger partial charge in [-0.3, -0.25) is 19.6 Å². The van der Waals surface area contributed by atoms with Gasteiger partial charge in [-0.15, -0.1) is 0 Å². The second-order valence-corrected chi connectivity index (χ2v) is 7.50. The molecular formula is C18H23ClF4N4OS. The average molecular weight is 455 g/mol. The molecule has 0 bridgehead atoms. The van der Waals surface area contributed by atoms with Gasteiger partial charge < -0.3 is 10.2 Å². The minimum Gasteiger partial charge on any atom is -0.358 e. The largest absolute Gasteiger partial charge is 0.389 e. The van der Waals surface area contributed by atoms with Gasteiger partial charge in [0.05, 0.1) is 30.7 Å². The summed E-state index contributed by atoms with van der Waals surface area (Å²) in [4.78, 5) is 17.8. The molecule has 0 aliphatic carbocycles. The first-order valence-corrected chi connectivity index (χ1v) is 10.4. The van der Waals surface area contributed by atoms with Crippen LogP contribution in [0.3, 0.4) is 0 Å². The number of unbranched alkanes of at least 4 members (excludes halogenated alkanes) is 1. The molecule has 0 unspecified atom stereocenters. The van der Waals surface area contributed by atoms with Crippen molar-refractivity contribution in [3.8, 4) is 0 Å². The van der Waals surface area contributed by atoms with Crippen LogP contribution in [0, 0.1) is 5.41 Å². The Bertz CT molecular complexity index is 674. The fraction of sp³-hybridized carbons (Fsp3) is 0.500. The minimum absolute atomic E-state index is 0.0213. The molecule has 29 heavy (non-hydrogen) atoms. The number of anilines is 1. The topological polar surface area (TPSA) is 69.1 Å². The molecule has 0 radical (unpaired) electrons. The van der Waals surface area contributed by atoms with E-state index in [-0.39, 0.29) is 41.8 Å². The normalized spacial score (nSPS) is 12.0. The van der Waals surface area contributed by atoms with Crippen LogP contribution < -0.4 is 5.32 Å². The lowest BCUT2D eigenvalue weighted by Gasteiger charge is -2.24. The van der Waals surface area contributed by atoms with Gasteiger partial charge in [0.25, 0.3) is 0 Å². The molecule has 2 N–H and O–H groups in total. The van der Waals surface area contributed by atoms with Crippen LogP contribution in [0.15, 0.2) is 36.4 Å². The first-order valence-electron chi connectivity index (χ1n) is 8.86. The number of halogens is 5. The van der Waals surface area contributed by atoms with Crippen molar-refractivity contribution in [2.45, 2.75) is 31.9 Å². The van der Waals surface area contributed by atoms with Crippen molar-refractivity contribution in [2.75, 3.05) is 30.0 Å². The third kappa shape index (κ3) is 11.1. The molecule has 1 aromatic heterocycles. The van der Waals surface area contributed by atoms with Crippen molar-refractivity contribution in [1.29, 1.82) is 5.41 Å². The number of nitrogens with one attached hydrogen (secondary N) is 2. The number of thioether (sulfide) groups is 1. The van der Waals surface area contributed by atoms with E-state index in [4.69, 9.17) is 17.0 Å². The zero-order valence-electron chi connectivity index (χ0n) is 15.6. The van der Waals surface area contributed by atoms with Gasteiger partial charge in [-0.1, -0.05) is 11.6 Å². The van der Waals surface area contributed by atoms with Crippen molar-refractivity contribution in [3.63, 3.8) is 0 Å². The maximum absolute atomic E-state index is 12.6. The first kappa shape index (κ1) is 25.2. The number of rotatable bonds is 13. The standard InChI is InChI=1S/C18H23ClF4N4OS/c19-17(24)15(13-26-14-4-3-8-25-12-14)27(9-2-1-7-20)16(28)5-10-29-11-6-18(21,22)23/h3-4,8,12-13,24,26H,1-2,5-7,9-11H2/b15-13+,24-17?. The van der Waals surface area contributed by atoms with Gasteiger partial charge in [0.15, 0.2) is 0 Å². The molecule has 162 valence electrons. The molecule has 0 fully saturated rings. The number of allylic oxidation sites excluding steroid dienone is 1. The van der Waals surface area contributed by atoms with Crippen molar-refractivity contribution in [1.82, 2.24) is 9.88 Å². The Morgan fingerprint density at radius 1 is 1.34 bits per heavy atom. The summed E-state index contributed by atoms with van der Waals surface area (Å²) in [6.07, 6.45) is -0.0549. The highest BCUT2D eigenvalue weighted by Gasteiger charge is 2.26. The van der Waals surface area contributed by atoms with Gasteiger partial charge in [-0.2, -0.15) is 24.9 Å². The Kier molecular flexibility index (Phi) is 11.7. The van der Waals surface area contributed by atoms with Crippen molar-refractivity contribution >= 4 is 40.1 Å². The van der Waals surface area contributed by atoms with Crippen molar-refractivity contribution in [3.05, 3.63) is 36.4 Å². The zero-order chi connectivity index (χ0) is 21.7. The number of alkyl halides is 4. The van der Waals surface area contributed by atoms with Crippen LogP contribution in [0.4, 0.5) is 23.2 Å². The number of pyridine rings is 1. The summed E-state index contributed by atoms with van der Waals surface area (Å²) in [7, 11) is 0. The number of carbonyl (C=O) groups excluding carboxylic acids is 1. The Morgan fingerprint density at radius 2 is 2.10 bits per heavy atom. The van der Waals surface area contributed by atoms with Crippen molar-refractivity contribution < 1.29 is 22.4 Å². The van der Waals surface area contributed by atoms with Gasteiger partial charge in [-0.05, 0) is 25.0 Å². The molecule has 0 spiro atoms. The average Bonchev–Trinajstić information content (AvgIpc) is 2.66. The smallest absolute Gasteiger partial charge is 0.358 e. The van der Waals surface area contributed by atoms with Gasteiger partial charge in [-0.25, -0.2) is 0 Å². The van der Waals surface area contributed by atoms with E-state index in [1.165, 1.54) is 11.1 Å². The number of hydrogen-bond acceptors (Lipinski definition) is 5. The third-order valence-electron chi connectivity index (χ3n) is 3.61. The van der Waals surface area contributed by atoms with Crippen LogP contribution in [0.2, 0.25) is 0 Å². The second kappa shape index (κ2) is 13.4. The molecule has 1 rings (SSSR count). The van der Waals surface area contributed by atoms with Gasteiger partial charge in [0.1, 0.15) is 5.17 Å². The summed E-state index contributed by atoms with van der Waals surface area (Å²) >= 11 is 6.88. The van der Waals surface area contributed by atoms with E-state index in [9.17, 15) is 22.4 Å². The predicted molar refractivity (Wildman–Crippen MR) is 109 cm³/mol. The summed E-state index contributed by atoms with van der Waals surface area (Å²) in [5.74, 6) is -0.323. The van der Waals surface area contributed by atoms with Gasteiger partial charge >= 0.3 is 6.18 Å². The fourth-order valence-electron chi connectivity index (χ4n) is 2.19. The third-order valence-corrected chi connectivity index (χ3v) is 4.79. The molecule has 0 aliphatic rings. The zero-order valence-corrected chi connectivity index (χ0v) is 17.2. The van der Waals surface area contributed by atoms with E-state index >= 15 is 0 Å². The maximum Gasteiger partial charge on any atom is 0.389 e. The molecular weight excluding hydrogens is 432 g/mol. The van der Waals surface area contributed by atoms with Crippen molar-refractivity contribution in [2.24, 2.45) is 0 Å². The van der Waals surface area contributed by atoms with Gasteiger partial charge in [0, 0.05) is 36.9 Å². The molecule has 1 aromatic rings. The molecule has 11 heteroatoms. The Labute approximate surface area is 176 Å². The first-order chi connectivity index (χ1) is 13.7. The monoisotopic (exact) mass is 454 g/mol. The Morgan fingerprint density at radius 3 is 2.69 bits per heavy atom. The lowest BCUT2D eigenvalue weighted by Crippen LogP contribution is -2.34. The quantitative estimate of drug-likeness (QED) is 0.244.